The van der Waals surface area contributed by atoms with Gasteiger partial charge in [-0.3, -0.25) is 0 Å². The molecule has 0 heterocycles. The van der Waals surface area contributed by atoms with Gasteiger partial charge in [-0.1, -0.05) is 85.5 Å². The first-order chi connectivity index (χ1) is 10.6. The van der Waals surface area contributed by atoms with Crippen LogP contribution in [0.5, 0.6) is 0 Å². The molecule has 0 fully saturated rings. The Morgan fingerprint density at radius 3 is 1.39 bits per heavy atom. The lowest BCUT2D eigenvalue weighted by Gasteiger charge is -2.17. The Labute approximate surface area is 154 Å². The van der Waals surface area contributed by atoms with Crippen molar-refractivity contribution in [3.8, 4) is 0 Å². The van der Waals surface area contributed by atoms with Crippen LogP contribution >= 0.6 is 0 Å². The van der Waals surface area contributed by atoms with Crippen molar-refractivity contribution in [3.05, 3.63) is 0 Å². The van der Waals surface area contributed by atoms with Gasteiger partial charge in [-0.25, -0.2) is 0 Å². The molecule has 0 bridgehead atoms. The molecule has 142 valence electrons. The van der Waals surface area contributed by atoms with Gasteiger partial charge in [0.1, 0.15) is 0 Å². The van der Waals surface area contributed by atoms with Crippen LogP contribution < -0.4 is 17.7 Å². The van der Waals surface area contributed by atoms with Crippen molar-refractivity contribution in [1.82, 2.24) is 0 Å². The van der Waals surface area contributed by atoms with Crippen LogP contribution in [0.3, 0.4) is 0 Å². The molecule has 0 saturated carbocycles. The van der Waals surface area contributed by atoms with Crippen molar-refractivity contribution in [1.29, 1.82) is 0 Å². The molecule has 0 radical (unpaired) electrons. The molecule has 0 unspecified atom stereocenters. The maximum absolute atomic E-state index is 2.54. The predicted molar refractivity (Wildman–Crippen MR) is 101 cm³/mol. The Morgan fingerprint density at radius 2 is 0.957 bits per heavy atom. The molecule has 1 nitrogen and oxygen atoms in total. The zero-order valence-electron chi connectivity index (χ0n) is 16.8. The van der Waals surface area contributed by atoms with E-state index in [-0.39, 0.29) is 12.4 Å². The lowest BCUT2D eigenvalue weighted by Crippen LogP contribution is -3.00. The molecule has 0 rings (SSSR count). The summed E-state index contributed by atoms with van der Waals surface area (Å²) in [5.41, 5.74) is 0.534. The van der Waals surface area contributed by atoms with E-state index in [4.69, 9.17) is 0 Å². The van der Waals surface area contributed by atoms with E-state index >= 15 is 0 Å². The molecule has 0 atom stereocenters. The first kappa shape index (κ1) is 25.5. The summed E-state index contributed by atoms with van der Waals surface area (Å²) in [6, 6.07) is 0. The van der Waals surface area contributed by atoms with E-state index in [1.165, 1.54) is 103 Å². The summed E-state index contributed by atoms with van der Waals surface area (Å²) < 4.78 is 0. The average Bonchev–Trinajstić information content (AvgIpc) is 2.45. The highest BCUT2D eigenvalue weighted by molar-refractivity contribution is 4.61. The van der Waals surface area contributed by atoms with Crippen LogP contribution in [0.15, 0.2) is 0 Å². The molecule has 23 heavy (non-hydrogen) atoms. The van der Waals surface area contributed by atoms with Crippen LogP contribution in [0.4, 0.5) is 0 Å². The molecule has 0 aromatic heterocycles. The minimum Gasteiger partial charge on any atom is -1.00 e. The van der Waals surface area contributed by atoms with Crippen LogP contribution in [0.2, 0.25) is 0 Å². The van der Waals surface area contributed by atoms with Crippen molar-refractivity contribution < 1.29 is 17.7 Å². The Bertz CT molecular complexity index is 210. The molecule has 0 amide bonds. The van der Waals surface area contributed by atoms with E-state index in [2.05, 4.69) is 33.0 Å². The first-order valence-corrected chi connectivity index (χ1v) is 10.4. The van der Waals surface area contributed by atoms with Gasteiger partial charge in [0.15, 0.2) is 0 Å². The average molecular weight is 348 g/mol. The van der Waals surface area contributed by atoms with Gasteiger partial charge >= 0.3 is 0 Å². The maximum Gasteiger partial charge on any atom is 0.0755 e. The number of unbranched alkanes of at least 4 members (excludes halogenated alkanes) is 11. The summed E-state index contributed by atoms with van der Waals surface area (Å²) in [5, 5.41) is 2.54. The van der Waals surface area contributed by atoms with E-state index in [1.54, 1.807) is 0 Å². The minimum absolute atomic E-state index is 0. The smallest absolute Gasteiger partial charge is 0.0755 e. The lowest BCUT2D eigenvalue weighted by atomic mass is 9.89. The van der Waals surface area contributed by atoms with Crippen molar-refractivity contribution in [2.45, 2.75) is 118 Å². The Hall–Kier alpha value is 0.250. The van der Waals surface area contributed by atoms with E-state index in [1.807, 2.05) is 0 Å². The van der Waals surface area contributed by atoms with Gasteiger partial charge in [0.05, 0.1) is 13.1 Å². The van der Waals surface area contributed by atoms with Crippen LogP contribution in [-0.4, -0.2) is 13.1 Å². The van der Waals surface area contributed by atoms with E-state index in [0.29, 0.717) is 5.41 Å². The summed E-state index contributed by atoms with van der Waals surface area (Å²) >= 11 is 0. The van der Waals surface area contributed by atoms with Gasteiger partial charge in [-0.05, 0) is 37.5 Å². The quantitative estimate of drug-likeness (QED) is 0.413. The van der Waals surface area contributed by atoms with E-state index < -0.39 is 0 Å². The summed E-state index contributed by atoms with van der Waals surface area (Å²) in [5.74, 6) is 0. The largest absolute Gasteiger partial charge is 1.00 e. The number of quaternary nitrogens is 1. The zero-order valence-corrected chi connectivity index (χ0v) is 17.5. The van der Waals surface area contributed by atoms with Crippen LogP contribution in [0, 0.1) is 5.41 Å². The van der Waals surface area contributed by atoms with Crippen LogP contribution in [-0.2, 0) is 0 Å². The highest BCUT2D eigenvalue weighted by Crippen LogP contribution is 2.22. The topological polar surface area (TPSA) is 16.6 Å². The minimum atomic E-state index is 0. The van der Waals surface area contributed by atoms with E-state index in [9.17, 15) is 0 Å². The lowest BCUT2D eigenvalue weighted by molar-refractivity contribution is -0.655. The molecular weight excluding hydrogens is 302 g/mol. The number of halogens is 1. The highest BCUT2D eigenvalue weighted by atomic mass is 35.5. The number of nitrogens with two attached hydrogens (primary N) is 1. The van der Waals surface area contributed by atoms with Crippen LogP contribution in [0.25, 0.3) is 0 Å². The molecule has 2 N–H and O–H groups in total. The fourth-order valence-corrected chi connectivity index (χ4v) is 3.04. The summed E-state index contributed by atoms with van der Waals surface area (Å²) in [6.45, 7) is 12.1. The Kier molecular flexibility index (Phi) is 20.6. The molecule has 2 heteroatoms. The fourth-order valence-electron chi connectivity index (χ4n) is 3.04. The summed E-state index contributed by atoms with van der Waals surface area (Å²) in [4.78, 5) is 0. The maximum atomic E-state index is 2.54. The number of rotatable bonds is 16. The van der Waals surface area contributed by atoms with Gasteiger partial charge in [0.2, 0.25) is 0 Å². The van der Waals surface area contributed by atoms with Crippen molar-refractivity contribution in [3.63, 3.8) is 0 Å². The molecule has 0 aromatic carbocycles. The third-order valence-corrected chi connectivity index (χ3v) is 4.60. The SMILES string of the molecule is CCCCCCCC[NH2+]CCCCCCCCCC(C)(C)C.[Cl-]. The van der Waals surface area contributed by atoms with Gasteiger partial charge in [0, 0.05) is 0 Å². The predicted octanol–water partition coefficient (Wildman–Crippen LogP) is 3.08. The monoisotopic (exact) mass is 347 g/mol. The second-order valence-electron chi connectivity index (χ2n) is 8.42. The Morgan fingerprint density at radius 1 is 0.565 bits per heavy atom. The number of hydrogen-bond acceptors (Lipinski definition) is 0. The third kappa shape index (κ3) is 24.6. The molecule has 0 aliphatic heterocycles. The fraction of sp³-hybridized carbons (Fsp3) is 1.00. The van der Waals surface area contributed by atoms with Gasteiger partial charge < -0.3 is 17.7 Å². The standard InChI is InChI=1S/C21H45N.ClH/c1-5-6-7-8-13-16-19-22-20-17-14-11-9-10-12-15-18-21(2,3)4;/h22H,5-20H2,1-4H3;1H. The van der Waals surface area contributed by atoms with Gasteiger partial charge in [-0.2, -0.15) is 0 Å². The second kappa shape index (κ2) is 18.6. The molecular formula is C21H46ClN. The molecule has 0 spiro atoms. The first-order valence-electron chi connectivity index (χ1n) is 10.4. The highest BCUT2D eigenvalue weighted by Gasteiger charge is 2.08. The molecule has 0 aliphatic carbocycles. The second-order valence-corrected chi connectivity index (χ2v) is 8.42. The number of hydrogen-bond donors (Lipinski definition) is 1. The molecule has 0 saturated heterocycles. The summed E-state index contributed by atoms with van der Waals surface area (Å²) in [6.07, 6.45) is 20.1. The van der Waals surface area contributed by atoms with Crippen molar-refractivity contribution >= 4 is 0 Å². The van der Waals surface area contributed by atoms with Gasteiger partial charge in [-0.15, -0.1) is 0 Å². The van der Waals surface area contributed by atoms with Crippen molar-refractivity contribution in [2.75, 3.05) is 13.1 Å². The Balaban J connectivity index is 0. The van der Waals surface area contributed by atoms with E-state index in [0.717, 1.165) is 0 Å². The van der Waals surface area contributed by atoms with Crippen molar-refractivity contribution in [2.24, 2.45) is 5.41 Å². The van der Waals surface area contributed by atoms with Gasteiger partial charge in [0.25, 0.3) is 0 Å². The molecule has 0 aliphatic rings. The zero-order chi connectivity index (χ0) is 16.5. The molecule has 0 aromatic rings. The van der Waals surface area contributed by atoms with Crippen LogP contribution in [0.1, 0.15) is 118 Å². The third-order valence-electron chi connectivity index (χ3n) is 4.60. The summed E-state index contributed by atoms with van der Waals surface area (Å²) in [7, 11) is 0. The normalized spacial score (nSPS) is 11.5.